The van der Waals surface area contributed by atoms with E-state index in [1.807, 2.05) is 0 Å². The van der Waals surface area contributed by atoms with Crippen LogP contribution in [0.1, 0.15) is 46.5 Å². The Morgan fingerprint density at radius 1 is 0.923 bits per heavy atom. The molecule has 0 aromatic carbocycles. The second-order valence-electron chi connectivity index (χ2n) is 10.2. The molecule has 0 aliphatic heterocycles. The summed E-state index contributed by atoms with van der Waals surface area (Å²) in [5.74, 6) is -1.52. The molecule has 0 heterocycles. The van der Waals surface area contributed by atoms with Crippen molar-refractivity contribution in [2.45, 2.75) is 82.1 Å². The van der Waals surface area contributed by atoms with Gasteiger partial charge in [-0.3, -0.25) is 0 Å². The van der Waals surface area contributed by atoms with Crippen molar-refractivity contribution in [2.24, 2.45) is 28.6 Å². The number of hydrogen-bond acceptors (Lipinski definition) is 6. The molecule has 0 aromatic heterocycles. The van der Waals surface area contributed by atoms with Gasteiger partial charge < -0.3 is 30.6 Å². The molecular weight excluding hydrogens is 336 g/mol. The van der Waals surface area contributed by atoms with Crippen LogP contribution in [0.5, 0.6) is 0 Å². The molecule has 4 aliphatic rings. The summed E-state index contributed by atoms with van der Waals surface area (Å²) in [6.07, 6.45) is -2.81. The quantitative estimate of drug-likeness (QED) is 0.333. The van der Waals surface area contributed by atoms with E-state index in [2.05, 4.69) is 6.58 Å². The minimum absolute atomic E-state index is 0.111. The Bertz CT molecular complexity index is 644. The first-order valence-electron chi connectivity index (χ1n) is 9.66. The Morgan fingerprint density at radius 2 is 1.54 bits per heavy atom. The Balaban J connectivity index is 1.87. The fourth-order valence-corrected chi connectivity index (χ4v) is 7.29. The molecule has 0 saturated heterocycles. The average molecular weight is 368 g/mol. The molecule has 10 atom stereocenters. The number of hydrogen-bond donors (Lipinski definition) is 6. The minimum Gasteiger partial charge on any atom is -0.393 e. The van der Waals surface area contributed by atoms with Gasteiger partial charge in [0.15, 0.2) is 0 Å². The third kappa shape index (κ3) is 1.88. The van der Waals surface area contributed by atoms with E-state index in [0.717, 1.165) is 0 Å². The standard InChI is InChI=1S/C20H32O6/c1-9-10-5-12(21)15-16(24)19(10,8-18(15,4)25)7-14(23)20(26)11(9)6-13(22)17(20,2)3/h10-16,21-26H,1,5-8H2,2-4H3. The third-order valence-electron chi connectivity index (χ3n) is 8.75. The SMILES string of the molecule is C=C1C2CC(O)C3C(O)C2(CC(O)C2(O)C1CC(O)C2(C)C)CC3(C)O. The highest BCUT2D eigenvalue weighted by atomic mass is 16.4. The van der Waals surface area contributed by atoms with E-state index in [1.54, 1.807) is 20.8 Å². The second kappa shape index (κ2) is 5.10. The summed E-state index contributed by atoms with van der Waals surface area (Å²) < 4.78 is 0. The van der Waals surface area contributed by atoms with Gasteiger partial charge in [-0.25, -0.2) is 0 Å². The molecular formula is C20H32O6. The van der Waals surface area contributed by atoms with Crippen LogP contribution in [0.2, 0.25) is 0 Å². The lowest BCUT2D eigenvalue weighted by Gasteiger charge is -2.47. The number of aliphatic hydroxyl groups excluding tert-OH is 4. The van der Waals surface area contributed by atoms with E-state index < -0.39 is 58.3 Å². The predicted molar refractivity (Wildman–Crippen MR) is 93.9 cm³/mol. The predicted octanol–water partition coefficient (Wildman–Crippen LogP) is -0.0557. The topological polar surface area (TPSA) is 121 Å². The summed E-state index contributed by atoms with van der Waals surface area (Å²) in [5, 5.41) is 65.9. The Hall–Kier alpha value is -0.500. The van der Waals surface area contributed by atoms with Crippen LogP contribution < -0.4 is 0 Å². The van der Waals surface area contributed by atoms with Gasteiger partial charge in [0.1, 0.15) is 5.60 Å². The van der Waals surface area contributed by atoms with Crippen LogP contribution >= 0.6 is 0 Å². The Kier molecular flexibility index (Phi) is 3.70. The van der Waals surface area contributed by atoms with Crippen LogP contribution in [0.3, 0.4) is 0 Å². The summed E-state index contributed by atoms with van der Waals surface area (Å²) in [7, 11) is 0. The van der Waals surface area contributed by atoms with Crippen LogP contribution in [0, 0.1) is 28.6 Å². The molecule has 26 heavy (non-hydrogen) atoms. The maximum absolute atomic E-state index is 11.6. The van der Waals surface area contributed by atoms with Crippen molar-refractivity contribution < 1.29 is 30.6 Å². The molecule has 6 nitrogen and oxygen atoms in total. The summed E-state index contributed by atoms with van der Waals surface area (Å²) in [5.41, 5.74) is -3.91. The van der Waals surface area contributed by atoms with Gasteiger partial charge in [-0.05, 0) is 38.5 Å². The zero-order valence-corrected chi connectivity index (χ0v) is 15.8. The van der Waals surface area contributed by atoms with Gasteiger partial charge in [0.2, 0.25) is 0 Å². The van der Waals surface area contributed by atoms with Crippen molar-refractivity contribution in [3.63, 3.8) is 0 Å². The first-order chi connectivity index (χ1) is 11.8. The molecule has 4 saturated carbocycles. The monoisotopic (exact) mass is 368 g/mol. The Labute approximate surface area is 154 Å². The van der Waals surface area contributed by atoms with Gasteiger partial charge in [0.25, 0.3) is 0 Å². The van der Waals surface area contributed by atoms with Crippen molar-refractivity contribution in [2.75, 3.05) is 0 Å². The van der Waals surface area contributed by atoms with Crippen molar-refractivity contribution in [1.82, 2.24) is 0 Å². The lowest BCUT2D eigenvalue weighted by atomic mass is 9.60. The van der Waals surface area contributed by atoms with E-state index >= 15 is 0 Å². The molecule has 1 spiro atoms. The fourth-order valence-electron chi connectivity index (χ4n) is 7.29. The molecule has 2 bridgehead atoms. The largest absolute Gasteiger partial charge is 0.393 e. The van der Waals surface area contributed by atoms with Gasteiger partial charge in [-0.1, -0.05) is 26.0 Å². The molecule has 4 aliphatic carbocycles. The highest BCUT2D eigenvalue weighted by Crippen LogP contribution is 2.68. The summed E-state index contributed by atoms with van der Waals surface area (Å²) in [6, 6.07) is 0. The molecule has 148 valence electrons. The number of fused-ring (bicyclic) bond motifs is 2. The molecule has 10 unspecified atom stereocenters. The van der Waals surface area contributed by atoms with Crippen molar-refractivity contribution in [3.05, 3.63) is 12.2 Å². The van der Waals surface area contributed by atoms with Crippen LogP contribution in [0.25, 0.3) is 0 Å². The highest BCUT2D eigenvalue weighted by molar-refractivity contribution is 5.32. The minimum atomic E-state index is -1.57. The number of rotatable bonds is 0. The van der Waals surface area contributed by atoms with E-state index in [0.29, 0.717) is 12.0 Å². The van der Waals surface area contributed by atoms with Crippen LogP contribution in [-0.2, 0) is 0 Å². The molecule has 4 fully saturated rings. The van der Waals surface area contributed by atoms with E-state index in [1.165, 1.54) is 0 Å². The van der Waals surface area contributed by atoms with Crippen molar-refractivity contribution in [1.29, 1.82) is 0 Å². The van der Waals surface area contributed by atoms with Crippen molar-refractivity contribution >= 4 is 0 Å². The van der Waals surface area contributed by atoms with Gasteiger partial charge in [0, 0.05) is 22.7 Å². The van der Waals surface area contributed by atoms with E-state index in [-0.39, 0.29) is 25.2 Å². The lowest BCUT2D eigenvalue weighted by molar-refractivity contribution is -0.176. The zero-order chi connectivity index (χ0) is 19.4. The smallest absolute Gasteiger partial charge is 0.105 e. The molecule has 0 aromatic rings. The molecule has 0 amide bonds. The first kappa shape index (κ1) is 18.8. The maximum Gasteiger partial charge on any atom is 0.105 e. The van der Waals surface area contributed by atoms with Crippen LogP contribution in [0.15, 0.2) is 12.2 Å². The Morgan fingerprint density at radius 3 is 2.15 bits per heavy atom. The van der Waals surface area contributed by atoms with Gasteiger partial charge in [0.05, 0.1) is 30.0 Å². The zero-order valence-electron chi connectivity index (χ0n) is 15.8. The van der Waals surface area contributed by atoms with Gasteiger partial charge in [-0.2, -0.15) is 0 Å². The van der Waals surface area contributed by atoms with E-state index in [9.17, 15) is 30.6 Å². The summed E-state index contributed by atoms with van der Waals surface area (Å²) in [4.78, 5) is 0. The van der Waals surface area contributed by atoms with Gasteiger partial charge >= 0.3 is 0 Å². The lowest BCUT2D eigenvalue weighted by Crippen LogP contribution is -2.57. The second-order valence-corrected chi connectivity index (χ2v) is 10.2. The molecule has 6 heteroatoms. The highest BCUT2D eigenvalue weighted by Gasteiger charge is 2.73. The van der Waals surface area contributed by atoms with Gasteiger partial charge in [-0.15, -0.1) is 0 Å². The third-order valence-corrected chi connectivity index (χ3v) is 8.75. The van der Waals surface area contributed by atoms with E-state index in [4.69, 9.17) is 0 Å². The number of aliphatic hydroxyl groups is 6. The molecule has 6 N–H and O–H groups in total. The van der Waals surface area contributed by atoms with Crippen molar-refractivity contribution in [3.8, 4) is 0 Å². The average Bonchev–Trinajstić information content (AvgIpc) is 2.76. The van der Waals surface area contributed by atoms with Crippen LogP contribution in [-0.4, -0.2) is 66.3 Å². The maximum atomic E-state index is 11.6. The normalized spacial score (nSPS) is 61.1. The summed E-state index contributed by atoms with van der Waals surface area (Å²) in [6.45, 7) is 9.35. The molecule has 4 rings (SSSR count). The first-order valence-corrected chi connectivity index (χ1v) is 9.66. The summed E-state index contributed by atoms with van der Waals surface area (Å²) >= 11 is 0. The fraction of sp³-hybridized carbons (Fsp3) is 0.900. The van der Waals surface area contributed by atoms with Crippen LogP contribution in [0.4, 0.5) is 0 Å². The molecule has 0 radical (unpaired) electrons.